The highest BCUT2D eigenvalue weighted by molar-refractivity contribution is 6.33. The van der Waals surface area contributed by atoms with Gasteiger partial charge in [-0.1, -0.05) is 184 Å². The standard InChI is InChI=1S/C42H39BO3/c1-2-3-29-41(38-28-14-13-25-35(38)32-19-7-4-8-20-32)42(46-43(44)45,39-30-17-15-26-36(39)33-21-9-5-10-22-33)40-31-18-16-27-37(40)34-23-11-6-12-24-34/h4-28,30-31,41,44-45H,2-3,29H2,1H3. The third-order valence-corrected chi connectivity index (χ3v) is 8.87. The molecule has 0 aliphatic rings. The van der Waals surface area contributed by atoms with Crippen molar-refractivity contribution >= 4 is 7.32 Å². The van der Waals surface area contributed by atoms with Gasteiger partial charge in [-0.2, -0.15) is 0 Å². The minimum Gasteiger partial charge on any atom is -0.402 e. The molecule has 228 valence electrons. The zero-order valence-corrected chi connectivity index (χ0v) is 26.2. The third kappa shape index (κ3) is 6.33. The largest absolute Gasteiger partial charge is 0.634 e. The Morgan fingerprint density at radius 3 is 1.37 bits per heavy atom. The maximum Gasteiger partial charge on any atom is 0.634 e. The van der Waals surface area contributed by atoms with E-state index in [-0.39, 0.29) is 5.92 Å². The van der Waals surface area contributed by atoms with Gasteiger partial charge >= 0.3 is 7.32 Å². The van der Waals surface area contributed by atoms with Gasteiger partial charge in [0.2, 0.25) is 0 Å². The van der Waals surface area contributed by atoms with E-state index in [0.717, 1.165) is 69.3 Å². The first kappa shape index (κ1) is 31.3. The van der Waals surface area contributed by atoms with Gasteiger partial charge in [-0.3, -0.25) is 0 Å². The molecule has 0 bridgehead atoms. The second-order valence-electron chi connectivity index (χ2n) is 11.7. The van der Waals surface area contributed by atoms with Crippen LogP contribution in [0.5, 0.6) is 0 Å². The summed E-state index contributed by atoms with van der Waals surface area (Å²) in [7, 11) is -2.04. The van der Waals surface area contributed by atoms with Crippen LogP contribution in [0.3, 0.4) is 0 Å². The summed E-state index contributed by atoms with van der Waals surface area (Å²) in [5.74, 6) is -0.305. The molecule has 0 radical (unpaired) electrons. The SMILES string of the molecule is CCCCC(c1ccccc1-c1ccccc1)C(OB(O)O)(c1ccccc1-c1ccccc1)c1ccccc1-c1ccccc1. The zero-order valence-electron chi connectivity index (χ0n) is 26.2. The predicted molar refractivity (Wildman–Crippen MR) is 190 cm³/mol. The average molecular weight is 603 g/mol. The summed E-state index contributed by atoms with van der Waals surface area (Å²) < 4.78 is 6.75. The van der Waals surface area contributed by atoms with Crippen LogP contribution in [0.1, 0.15) is 48.8 Å². The Hall–Kier alpha value is -4.74. The molecule has 4 heteroatoms. The van der Waals surface area contributed by atoms with Crippen LogP contribution in [-0.4, -0.2) is 17.4 Å². The molecule has 1 unspecified atom stereocenters. The van der Waals surface area contributed by atoms with Gasteiger partial charge in [-0.05, 0) is 56.5 Å². The normalized spacial score (nSPS) is 12.1. The number of rotatable bonds is 12. The fourth-order valence-electron chi connectivity index (χ4n) is 6.92. The summed E-state index contributed by atoms with van der Waals surface area (Å²) in [6, 6.07) is 56.0. The molecule has 0 saturated carbocycles. The Kier molecular flexibility index (Phi) is 9.90. The minimum atomic E-state index is -2.04. The molecule has 6 aromatic carbocycles. The maximum atomic E-state index is 11.0. The van der Waals surface area contributed by atoms with Gasteiger partial charge in [-0.15, -0.1) is 0 Å². The molecule has 1 atom stereocenters. The number of hydrogen-bond acceptors (Lipinski definition) is 3. The van der Waals surface area contributed by atoms with Crippen LogP contribution < -0.4 is 0 Å². The third-order valence-electron chi connectivity index (χ3n) is 8.87. The molecular formula is C42H39BO3. The topological polar surface area (TPSA) is 49.7 Å². The van der Waals surface area contributed by atoms with E-state index >= 15 is 0 Å². The van der Waals surface area contributed by atoms with Crippen LogP contribution in [-0.2, 0) is 10.3 Å². The maximum absolute atomic E-state index is 11.0. The zero-order chi connectivity index (χ0) is 31.8. The highest BCUT2D eigenvalue weighted by atomic mass is 16.6. The van der Waals surface area contributed by atoms with E-state index < -0.39 is 12.9 Å². The lowest BCUT2D eigenvalue weighted by molar-refractivity contribution is 0.0234. The van der Waals surface area contributed by atoms with Crippen LogP contribution in [0.15, 0.2) is 164 Å². The fraction of sp³-hybridized carbons (Fsp3) is 0.143. The predicted octanol–water partition coefficient (Wildman–Crippen LogP) is 9.89. The second-order valence-corrected chi connectivity index (χ2v) is 11.7. The van der Waals surface area contributed by atoms with Crippen molar-refractivity contribution in [1.82, 2.24) is 0 Å². The summed E-state index contributed by atoms with van der Waals surface area (Å²) in [6.45, 7) is 2.19. The summed E-state index contributed by atoms with van der Waals surface area (Å²) in [4.78, 5) is 0. The molecular weight excluding hydrogens is 563 g/mol. The molecule has 6 aromatic rings. The van der Waals surface area contributed by atoms with Crippen LogP contribution in [0, 0.1) is 0 Å². The van der Waals surface area contributed by atoms with Crippen LogP contribution in [0.2, 0.25) is 0 Å². The lowest BCUT2D eigenvalue weighted by Gasteiger charge is -2.45. The summed E-state index contributed by atoms with van der Waals surface area (Å²) in [5.41, 5.74) is 7.74. The van der Waals surface area contributed by atoms with Crippen molar-refractivity contribution in [3.63, 3.8) is 0 Å². The molecule has 2 N–H and O–H groups in total. The van der Waals surface area contributed by atoms with E-state index in [2.05, 4.69) is 104 Å². The summed E-state index contributed by atoms with van der Waals surface area (Å²) >= 11 is 0. The average Bonchev–Trinajstić information content (AvgIpc) is 3.12. The van der Waals surface area contributed by atoms with E-state index in [1.54, 1.807) is 0 Å². The molecule has 0 fully saturated rings. The smallest absolute Gasteiger partial charge is 0.402 e. The quantitative estimate of drug-likeness (QED) is 0.137. The highest BCUT2D eigenvalue weighted by Gasteiger charge is 2.49. The Morgan fingerprint density at radius 2 is 0.913 bits per heavy atom. The molecule has 0 aliphatic heterocycles. The number of hydrogen-bond donors (Lipinski definition) is 2. The molecule has 3 nitrogen and oxygen atoms in total. The summed E-state index contributed by atoms with van der Waals surface area (Å²) in [5, 5.41) is 21.9. The number of unbranched alkanes of at least 4 members (excludes halogenated alkanes) is 1. The van der Waals surface area contributed by atoms with Gasteiger partial charge in [-0.25, -0.2) is 0 Å². The van der Waals surface area contributed by atoms with Gasteiger partial charge in [0.25, 0.3) is 0 Å². The van der Waals surface area contributed by atoms with Crippen molar-refractivity contribution in [2.45, 2.75) is 37.7 Å². The first-order valence-corrected chi connectivity index (χ1v) is 16.1. The van der Waals surface area contributed by atoms with Crippen molar-refractivity contribution in [1.29, 1.82) is 0 Å². The van der Waals surface area contributed by atoms with Gasteiger partial charge < -0.3 is 14.7 Å². The number of benzene rings is 6. The van der Waals surface area contributed by atoms with Gasteiger partial charge in [0.1, 0.15) is 5.60 Å². The lowest BCUT2D eigenvalue weighted by Crippen LogP contribution is -2.44. The van der Waals surface area contributed by atoms with Crippen LogP contribution in [0.25, 0.3) is 33.4 Å². The van der Waals surface area contributed by atoms with Crippen molar-refractivity contribution in [2.24, 2.45) is 0 Å². The van der Waals surface area contributed by atoms with E-state index in [4.69, 9.17) is 4.65 Å². The van der Waals surface area contributed by atoms with Crippen LogP contribution in [0.4, 0.5) is 0 Å². The van der Waals surface area contributed by atoms with Gasteiger partial charge in [0, 0.05) is 5.92 Å². The van der Waals surface area contributed by atoms with Crippen molar-refractivity contribution in [3.05, 3.63) is 180 Å². The molecule has 46 heavy (non-hydrogen) atoms. The van der Waals surface area contributed by atoms with E-state index in [1.165, 1.54) is 0 Å². The highest BCUT2D eigenvalue weighted by Crippen LogP contribution is 2.54. The molecule has 0 amide bonds. The van der Waals surface area contributed by atoms with E-state index in [0.29, 0.717) is 0 Å². The Bertz CT molecular complexity index is 1760. The Morgan fingerprint density at radius 1 is 0.522 bits per heavy atom. The van der Waals surface area contributed by atoms with Crippen molar-refractivity contribution in [2.75, 3.05) is 0 Å². The first-order valence-electron chi connectivity index (χ1n) is 16.1. The molecule has 0 aliphatic carbocycles. The molecule has 0 aromatic heterocycles. The monoisotopic (exact) mass is 602 g/mol. The summed E-state index contributed by atoms with van der Waals surface area (Å²) in [6.07, 6.45) is 2.64. The lowest BCUT2D eigenvalue weighted by atomic mass is 9.66. The van der Waals surface area contributed by atoms with E-state index in [1.807, 2.05) is 66.7 Å². The van der Waals surface area contributed by atoms with Gasteiger partial charge in [0.15, 0.2) is 0 Å². The second kappa shape index (κ2) is 14.6. The Balaban J connectivity index is 1.76. The van der Waals surface area contributed by atoms with E-state index in [9.17, 15) is 10.0 Å². The molecule has 6 rings (SSSR count). The minimum absolute atomic E-state index is 0.305. The molecule has 0 saturated heterocycles. The van der Waals surface area contributed by atoms with Crippen molar-refractivity contribution < 1.29 is 14.7 Å². The van der Waals surface area contributed by atoms with Gasteiger partial charge in [0.05, 0.1) is 0 Å². The molecule has 0 heterocycles. The molecule has 0 spiro atoms. The first-order chi connectivity index (χ1) is 22.6. The fourth-order valence-corrected chi connectivity index (χ4v) is 6.92. The van der Waals surface area contributed by atoms with Crippen molar-refractivity contribution in [3.8, 4) is 33.4 Å². The Labute approximate surface area is 273 Å². The van der Waals surface area contributed by atoms with Crippen LogP contribution >= 0.6 is 0 Å².